The molecule has 0 aliphatic carbocycles. The summed E-state index contributed by atoms with van der Waals surface area (Å²) in [6.45, 7) is 6.94. The topological polar surface area (TPSA) is 113 Å². The first kappa shape index (κ1) is 25.1. The Morgan fingerprint density at radius 2 is 1.77 bits per heavy atom. The van der Waals surface area contributed by atoms with Crippen LogP contribution in [0.4, 0.5) is 4.79 Å². The second kappa shape index (κ2) is 10.4. The summed E-state index contributed by atoms with van der Waals surface area (Å²) in [5.74, 6) is -0.299. The summed E-state index contributed by atoms with van der Waals surface area (Å²) in [7, 11) is 0.0202. The molecule has 174 valence electrons. The third-order valence-corrected chi connectivity index (χ3v) is 6.66. The van der Waals surface area contributed by atoms with Crippen molar-refractivity contribution in [2.45, 2.75) is 39.2 Å². The lowest BCUT2D eigenvalue weighted by atomic mass is 9.98. The molecule has 1 aliphatic rings. The largest absolute Gasteiger partial charge is 0.491 e. The molecule has 11 heteroatoms. The first-order valence-corrected chi connectivity index (χ1v) is 11.5. The number of carbonyl (C=O) groups is 2. The summed E-state index contributed by atoms with van der Waals surface area (Å²) >= 11 is 0. The van der Waals surface area contributed by atoms with Crippen LogP contribution in [-0.2, 0) is 23.1 Å². The molecule has 1 amide bonds. The molecular weight excluding hydrogens is 427 g/mol. The normalized spacial score (nSPS) is 15.5. The summed E-state index contributed by atoms with van der Waals surface area (Å²) in [6.07, 6.45) is 2.45. The Kier molecular flexibility index (Phi) is 8.45. The summed E-state index contributed by atoms with van der Waals surface area (Å²) in [4.78, 5) is 29.7. The van der Waals surface area contributed by atoms with E-state index in [1.807, 2.05) is 20.8 Å². The minimum absolute atomic E-state index is 0.0372. The van der Waals surface area contributed by atoms with Gasteiger partial charge in [0.1, 0.15) is 16.6 Å². The number of aromatic nitrogens is 1. The Hall–Kier alpha value is -2.16. The molecule has 0 unspecified atom stereocenters. The van der Waals surface area contributed by atoms with Crippen LogP contribution in [0.3, 0.4) is 0 Å². The van der Waals surface area contributed by atoms with Gasteiger partial charge in [-0.1, -0.05) is 0 Å². The quantitative estimate of drug-likeness (QED) is 0.449. The number of pyridine rings is 1. The van der Waals surface area contributed by atoms with Crippen molar-refractivity contribution >= 4 is 25.0 Å². The molecule has 0 spiro atoms. The number of amides is 1. The fraction of sp³-hybridized carbons (Fsp3) is 0.650. The number of carbonyl (C=O) groups excluding carboxylic acids is 2. The van der Waals surface area contributed by atoms with Gasteiger partial charge in [-0.3, -0.25) is 4.57 Å². The highest BCUT2D eigenvalue weighted by atomic mass is 31.2. The van der Waals surface area contributed by atoms with E-state index in [9.17, 15) is 14.2 Å². The molecule has 1 fully saturated rings. The van der Waals surface area contributed by atoms with Gasteiger partial charge in [-0.2, -0.15) is 0 Å². The number of piperidine rings is 1. The van der Waals surface area contributed by atoms with Crippen LogP contribution in [0, 0.1) is 5.92 Å². The lowest BCUT2D eigenvalue weighted by Gasteiger charge is -2.33. The first-order chi connectivity index (χ1) is 14.5. The minimum Gasteiger partial charge on any atom is -0.491 e. The van der Waals surface area contributed by atoms with E-state index in [2.05, 4.69) is 9.72 Å². The van der Waals surface area contributed by atoms with Gasteiger partial charge >= 0.3 is 19.7 Å². The average Bonchev–Trinajstić information content (AvgIpc) is 2.75. The molecule has 31 heavy (non-hydrogen) atoms. The van der Waals surface area contributed by atoms with Gasteiger partial charge < -0.3 is 28.2 Å². The lowest BCUT2D eigenvalue weighted by Crippen LogP contribution is -2.42. The molecule has 0 bridgehead atoms. The maximum atomic E-state index is 13.0. The number of nitrogens with zero attached hydrogens (tertiary/aromatic N) is 2. The Morgan fingerprint density at radius 1 is 1.16 bits per heavy atom. The maximum Gasteiger partial charge on any atom is 0.410 e. The monoisotopic (exact) mass is 458 g/mol. The van der Waals surface area contributed by atoms with Crippen LogP contribution in [0.1, 0.15) is 44.1 Å². The summed E-state index contributed by atoms with van der Waals surface area (Å²) in [5.41, 5.74) is -0.571. The van der Waals surface area contributed by atoms with Crippen LogP contribution in [0.25, 0.3) is 0 Å². The fourth-order valence-corrected chi connectivity index (χ4v) is 4.28. The number of likely N-dealkylation sites (tertiary alicyclic amines) is 1. The number of hydrogen-bond acceptors (Lipinski definition) is 9. The number of esters is 1. The fourth-order valence-electron chi connectivity index (χ4n) is 3.06. The van der Waals surface area contributed by atoms with Crippen molar-refractivity contribution in [1.29, 1.82) is 0 Å². The Balaban J connectivity index is 2.06. The number of hydrogen-bond donors (Lipinski definition) is 0. The van der Waals surface area contributed by atoms with Gasteiger partial charge in [-0.25, -0.2) is 14.6 Å². The molecule has 1 aliphatic heterocycles. The lowest BCUT2D eigenvalue weighted by molar-refractivity contribution is 0.0164. The number of rotatable bonds is 7. The minimum atomic E-state index is -3.70. The van der Waals surface area contributed by atoms with Crippen LogP contribution in [-0.4, -0.2) is 68.6 Å². The highest BCUT2D eigenvalue weighted by Gasteiger charge is 2.32. The molecule has 0 N–H and O–H groups in total. The van der Waals surface area contributed by atoms with Crippen LogP contribution in [0.5, 0.6) is 5.75 Å². The van der Waals surface area contributed by atoms with E-state index in [0.717, 1.165) is 12.8 Å². The van der Waals surface area contributed by atoms with Crippen LogP contribution in [0.2, 0.25) is 0 Å². The molecule has 2 heterocycles. The average molecular weight is 458 g/mol. The van der Waals surface area contributed by atoms with E-state index in [4.69, 9.17) is 18.5 Å². The third-order valence-electron chi connectivity index (χ3n) is 4.76. The SMILES string of the molecule is COC(=O)c1cc(P(=O)(OC)OC)c(OCC2CCN(C(=O)OC(C)(C)C)CC2)cn1. The molecule has 0 atom stereocenters. The Morgan fingerprint density at radius 3 is 2.29 bits per heavy atom. The van der Waals surface area contributed by atoms with E-state index < -0.39 is 19.2 Å². The van der Waals surface area contributed by atoms with Gasteiger partial charge in [-0.05, 0) is 45.6 Å². The van der Waals surface area contributed by atoms with Crippen molar-refractivity contribution in [2.75, 3.05) is 41.0 Å². The molecule has 10 nitrogen and oxygen atoms in total. The molecule has 2 rings (SSSR count). The van der Waals surface area contributed by atoms with E-state index in [0.29, 0.717) is 19.7 Å². The van der Waals surface area contributed by atoms with Crippen molar-refractivity contribution in [1.82, 2.24) is 9.88 Å². The van der Waals surface area contributed by atoms with E-state index >= 15 is 0 Å². The van der Waals surface area contributed by atoms with Crippen LogP contribution >= 0.6 is 7.60 Å². The zero-order valence-corrected chi connectivity index (χ0v) is 19.8. The van der Waals surface area contributed by atoms with Crippen molar-refractivity contribution < 1.29 is 37.4 Å². The molecule has 0 radical (unpaired) electrons. The standard InChI is InChI=1S/C20H31N2O8P/c1-20(2,3)30-19(24)22-9-7-14(8-10-22)13-29-16-12-21-15(18(23)26-4)11-17(16)31(25,27-5)28-6/h11-12,14H,7-10,13H2,1-6H3. The zero-order valence-electron chi connectivity index (χ0n) is 18.9. The Bertz CT molecular complexity index is 823. The summed E-state index contributed by atoms with van der Waals surface area (Å²) in [5, 5.41) is 0.0964. The van der Waals surface area contributed by atoms with E-state index in [-0.39, 0.29) is 28.8 Å². The second-order valence-electron chi connectivity index (χ2n) is 8.11. The van der Waals surface area contributed by atoms with E-state index in [1.165, 1.54) is 33.6 Å². The molecular formula is C20H31N2O8P. The van der Waals surface area contributed by atoms with Gasteiger partial charge in [-0.15, -0.1) is 0 Å². The predicted molar refractivity (Wildman–Crippen MR) is 113 cm³/mol. The van der Waals surface area contributed by atoms with Crippen LogP contribution in [0.15, 0.2) is 12.3 Å². The van der Waals surface area contributed by atoms with Crippen LogP contribution < -0.4 is 10.0 Å². The van der Waals surface area contributed by atoms with Gasteiger partial charge in [0, 0.05) is 27.3 Å². The van der Waals surface area contributed by atoms with Gasteiger partial charge in [0.2, 0.25) is 0 Å². The number of ether oxygens (including phenoxy) is 3. The summed E-state index contributed by atoms with van der Waals surface area (Å²) < 4.78 is 39.1. The molecule has 1 saturated heterocycles. The first-order valence-electron chi connectivity index (χ1n) is 9.94. The number of methoxy groups -OCH3 is 1. The third kappa shape index (κ3) is 6.66. The van der Waals surface area contributed by atoms with Crippen molar-refractivity contribution in [3.05, 3.63) is 18.0 Å². The van der Waals surface area contributed by atoms with Gasteiger partial charge in [0.05, 0.1) is 19.9 Å². The zero-order chi connectivity index (χ0) is 23.2. The molecule has 0 saturated carbocycles. The summed E-state index contributed by atoms with van der Waals surface area (Å²) in [6, 6.07) is 1.29. The van der Waals surface area contributed by atoms with Crippen molar-refractivity contribution in [2.24, 2.45) is 5.92 Å². The maximum absolute atomic E-state index is 13.0. The van der Waals surface area contributed by atoms with Crippen molar-refractivity contribution in [3.63, 3.8) is 0 Å². The molecule has 1 aromatic heterocycles. The van der Waals surface area contributed by atoms with Gasteiger partial charge in [0.15, 0.2) is 5.75 Å². The molecule has 1 aromatic rings. The van der Waals surface area contributed by atoms with Crippen molar-refractivity contribution in [3.8, 4) is 5.75 Å². The smallest absolute Gasteiger partial charge is 0.410 e. The van der Waals surface area contributed by atoms with Gasteiger partial charge in [0.25, 0.3) is 0 Å². The highest BCUT2D eigenvalue weighted by molar-refractivity contribution is 7.62. The second-order valence-corrected chi connectivity index (χ2v) is 10.3. The van der Waals surface area contributed by atoms with E-state index in [1.54, 1.807) is 4.90 Å². The predicted octanol–water partition coefficient (Wildman–Crippen LogP) is 3.01. The Labute approximate surface area is 182 Å². The molecule has 0 aromatic carbocycles. The highest BCUT2D eigenvalue weighted by Crippen LogP contribution is 2.47.